The van der Waals surface area contributed by atoms with Crippen LogP contribution in [0.3, 0.4) is 0 Å². The van der Waals surface area contributed by atoms with Gasteiger partial charge in [-0.3, -0.25) is 14.9 Å². The van der Waals surface area contributed by atoms with Gasteiger partial charge >= 0.3 is 5.97 Å². The number of carbonyl (C=O) groups is 2. The molecule has 0 unspecified atom stereocenters. The Bertz CT molecular complexity index is 1040. The molecule has 0 bridgehead atoms. The minimum absolute atomic E-state index is 0.0226. The normalized spacial score (nSPS) is 18.3. The van der Waals surface area contributed by atoms with Crippen molar-refractivity contribution in [1.82, 2.24) is 10.6 Å². The molecule has 0 saturated heterocycles. The highest BCUT2D eigenvalue weighted by Gasteiger charge is 2.25. The molecular formula is C25H28F3N3O3. The molecule has 0 aromatic heterocycles. The van der Waals surface area contributed by atoms with E-state index in [1.165, 1.54) is 12.1 Å². The van der Waals surface area contributed by atoms with Crippen molar-refractivity contribution >= 4 is 17.8 Å². The lowest BCUT2D eigenvalue weighted by atomic mass is 9.84. The smallest absolute Gasteiger partial charge is 0.306 e. The summed E-state index contributed by atoms with van der Waals surface area (Å²) in [5, 5.41) is 5.77. The number of esters is 1. The largest absolute Gasteiger partial charge is 0.466 e. The van der Waals surface area contributed by atoms with Crippen LogP contribution in [-0.2, 0) is 16.1 Å². The summed E-state index contributed by atoms with van der Waals surface area (Å²) in [6.45, 7) is 2.11. The van der Waals surface area contributed by atoms with Crippen molar-refractivity contribution in [1.29, 1.82) is 0 Å². The molecule has 3 rings (SSSR count). The van der Waals surface area contributed by atoms with Crippen molar-refractivity contribution in [3.63, 3.8) is 0 Å². The van der Waals surface area contributed by atoms with Gasteiger partial charge < -0.3 is 10.1 Å². The topological polar surface area (TPSA) is 79.8 Å². The zero-order chi connectivity index (χ0) is 24.5. The lowest BCUT2D eigenvalue weighted by Crippen LogP contribution is -2.47. The fourth-order valence-corrected chi connectivity index (χ4v) is 3.89. The third-order valence-corrected chi connectivity index (χ3v) is 5.73. The van der Waals surface area contributed by atoms with E-state index in [9.17, 15) is 22.8 Å². The Kier molecular flexibility index (Phi) is 9.07. The molecular weight excluding hydrogens is 447 g/mol. The molecule has 1 aliphatic rings. The first kappa shape index (κ1) is 25.3. The number of hydrogen-bond donors (Lipinski definition) is 2. The molecule has 9 heteroatoms. The number of hydrogen-bond acceptors (Lipinski definition) is 4. The fraction of sp³-hybridized carbons (Fsp3) is 0.400. The maximum Gasteiger partial charge on any atom is 0.306 e. The number of amides is 1. The molecule has 0 spiro atoms. The zero-order valence-electron chi connectivity index (χ0n) is 19.0. The average molecular weight is 476 g/mol. The van der Waals surface area contributed by atoms with Crippen LogP contribution in [0.5, 0.6) is 0 Å². The third-order valence-electron chi connectivity index (χ3n) is 5.73. The summed E-state index contributed by atoms with van der Waals surface area (Å²) in [5.41, 5.74) is 0.277. The molecule has 0 atom stereocenters. The quantitative estimate of drug-likeness (QED) is 0.351. The van der Waals surface area contributed by atoms with E-state index < -0.39 is 23.4 Å². The summed E-state index contributed by atoms with van der Waals surface area (Å²) in [7, 11) is 0. The third kappa shape index (κ3) is 7.33. The summed E-state index contributed by atoms with van der Waals surface area (Å²) < 4.78 is 45.8. The number of carbonyl (C=O) groups excluding carboxylic acids is 2. The van der Waals surface area contributed by atoms with Gasteiger partial charge in [0.15, 0.2) is 17.6 Å². The second-order valence-electron chi connectivity index (χ2n) is 8.21. The van der Waals surface area contributed by atoms with Crippen molar-refractivity contribution in [2.75, 3.05) is 6.61 Å². The molecule has 2 aromatic carbocycles. The summed E-state index contributed by atoms with van der Waals surface area (Å²) >= 11 is 0. The van der Waals surface area contributed by atoms with Gasteiger partial charge in [0.25, 0.3) is 5.91 Å². The highest BCUT2D eigenvalue weighted by atomic mass is 19.2. The van der Waals surface area contributed by atoms with Crippen LogP contribution in [0.2, 0.25) is 0 Å². The van der Waals surface area contributed by atoms with E-state index in [1.54, 1.807) is 25.1 Å². The van der Waals surface area contributed by atoms with E-state index in [-0.39, 0.29) is 36.0 Å². The van der Waals surface area contributed by atoms with Gasteiger partial charge in [-0.25, -0.2) is 18.2 Å². The number of ether oxygens (including phenoxy) is 1. The summed E-state index contributed by atoms with van der Waals surface area (Å²) in [4.78, 5) is 28.7. The van der Waals surface area contributed by atoms with Crippen molar-refractivity contribution < 1.29 is 27.5 Å². The van der Waals surface area contributed by atoms with Crippen molar-refractivity contribution in [3.05, 3.63) is 71.0 Å². The van der Waals surface area contributed by atoms with Crippen molar-refractivity contribution in [2.24, 2.45) is 10.9 Å². The highest BCUT2D eigenvalue weighted by Crippen LogP contribution is 2.27. The van der Waals surface area contributed by atoms with Crippen LogP contribution < -0.4 is 10.6 Å². The number of rotatable bonds is 7. The van der Waals surface area contributed by atoms with Crippen LogP contribution >= 0.6 is 0 Å². The minimum atomic E-state index is -1.13. The predicted octanol–water partition coefficient (Wildman–Crippen LogP) is 4.49. The second kappa shape index (κ2) is 12.2. The van der Waals surface area contributed by atoms with Crippen LogP contribution in [0.15, 0.2) is 47.5 Å². The number of guanidine groups is 1. The van der Waals surface area contributed by atoms with E-state index >= 15 is 0 Å². The van der Waals surface area contributed by atoms with Gasteiger partial charge in [0.05, 0.1) is 13.2 Å². The average Bonchev–Trinajstić information content (AvgIpc) is 2.81. The van der Waals surface area contributed by atoms with Gasteiger partial charge in [-0.05, 0) is 62.8 Å². The summed E-state index contributed by atoms with van der Waals surface area (Å²) in [5.74, 6) is -3.14. The Balaban J connectivity index is 1.67. The molecule has 0 radical (unpaired) electrons. The Hall–Kier alpha value is -3.36. The molecule has 182 valence electrons. The first-order valence-corrected chi connectivity index (χ1v) is 11.3. The maximum absolute atomic E-state index is 14.0. The van der Waals surface area contributed by atoms with E-state index in [0.717, 1.165) is 37.8 Å². The number of nitrogens with one attached hydrogen (secondary N) is 2. The number of benzene rings is 2. The highest BCUT2D eigenvalue weighted by molar-refractivity contribution is 6.05. The Labute approximate surface area is 196 Å². The SMILES string of the molecule is CCOC(=O)CC1CCC(NC(=NCc2ccccc2F)NC(=O)c2ccc(F)c(F)c2)CC1. The maximum atomic E-state index is 14.0. The molecule has 34 heavy (non-hydrogen) atoms. The lowest BCUT2D eigenvalue weighted by molar-refractivity contribution is -0.144. The standard InChI is InChI=1S/C25H28F3N3O3/c1-2-34-23(32)13-16-7-10-19(11-8-16)30-25(29-15-18-5-3-4-6-20(18)26)31-24(33)17-9-12-21(27)22(28)14-17/h3-6,9,12,14,16,19H,2,7-8,10-11,13,15H2,1H3,(H2,29,30,31,33). The van der Waals surface area contributed by atoms with E-state index in [4.69, 9.17) is 4.74 Å². The summed E-state index contributed by atoms with van der Waals surface area (Å²) in [6.07, 6.45) is 3.46. The molecule has 0 heterocycles. The van der Waals surface area contributed by atoms with Crippen LogP contribution in [0.4, 0.5) is 13.2 Å². The molecule has 1 fully saturated rings. The van der Waals surface area contributed by atoms with Crippen molar-refractivity contribution in [2.45, 2.75) is 51.6 Å². The lowest BCUT2D eigenvalue weighted by Gasteiger charge is -2.29. The Morgan fingerprint density at radius 1 is 1.00 bits per heavy atom. The van der Waals surface area contributed by atoms with Gasteiger partial charge in [0.2, 0.25) is 0 Å². The van der Waals surface area contributed by atoms with Gasteiger partial charge in [0, 0.05) is 23.6 Å². The predicted molar refractivity (Wildman–Crippen MR) is 121 cm³/mol. The first-order valence-electron chi connectivity index (χ1n) is 11.3. The summed E-state index contributed by atoms with van der Waals surface area (Å²) in [6, 6.07) is 8.99. The molecule has 1 aliphatic carbocycles. The molecule has 6 nitrogen and oxygen atoms in total. The Morgan fingerprint density at radius 2 is 1.74 bits per heavy atom. The van der Waals surface area contributed by atoms with Gasteiger partial charge in [0.1, 0.15) is 5.82 Å². The van der Waals surface area contributed by atoms with Crippen LogP contribution in [0.25, 0.3) is 0 Å². The Morgan fingerprint density at radius 3 is 2.41 bits per heavy atom. The van der Waals surface area contributed by atoms with E-state index in [0.29, 0.717) is 18.6 Å². The van der Waals surface area contributed by atoms with Crippen LogP contribution in [0.1, 0.15) is 54.9 Å². The van der Waals surface area contributed by atoms with Crippen molar-refractivity contribution in [3.8, 4) is 0 Å². The first-order chi connectivity index (χ1) is 16.4. The van der Waals surface area contributed by atoms with E-state index in [2.05, 4.69) is 15.6 Å². The second-order valence-corrected chi connectivity index (χ2v) is 8.21. The zero-order valence-corrected chi connectivity index (χ0v) is 19.0. The molecule has 1 amide bonds. The number of aliphatic imine (C=N–C) groups is 1. The van der Waals surface area contributed by atoms with E-state index in [1.807, 2.05) is 0 Å². The molecule has 1 saturated carbocycles. The molecule has 0 aliphatic heterocycles. The van der Waals surface area contributed by atoms with Gasteiger partial charge in [-0.2, -0.15) is 0 Å². The molecule has 2 aromatic rings. The monoisotopic (exact) mass is 475 g/mol. The number of halogens is 3. The van der Waals surface area contributed by atoms with Crippen LogP contribution in [0, 0.1) is 23.4 Å². The van der Waals surface area contributed by atoms with Crippen LogP contribution in [-0.4, -0.2) is 30.5 Å². The van der Waals surface area contributed by atoms with Gasteiger partial charge in [-0.1, -0.05) is 18.2 Å². The fourth-order valence-electron chi connectivity index (χ4n) is 3.89. The van der Waals surface area contributed by atoms with Gasteiger partial charge in [-0.15, -0.1) is 0 Å². The molecule has 2 N–H and O–H groups in total. The minimum Gasteiger partial charge on any atom is -0.466 e. The number of nitrogens with zero attached hydrogens (tertiary/aromatic N) is 1.